The van der Waals surface area contributed by atoms with Gasteiger partial charge in [-0.25, -0.2) is 0 Å². The maximum atomic E-state index is 13.1. The molecule has 1 atom stereocenters. The Morgan fingerprint density at radius 1 is 1.11 bits per heavy atom. The number of hydrogen-bond acceptors (Lipinski definition) is 2. The van der Waals surface area contributed by atoms with Gasteiger partial charge in [-0.1, -0.05) is 57.9 Å². The highest BCUT2D eigenvalue weighted by atomic mass is 79.9. The molecule has 0 aromatic heterocycles. The van der Waals surface area contributed by atoms with Crippen molar-refractivity contribution in [3.8, 4) is 0 Å². The number of carbonyl (C=O) groups is 2. The van der Waals surface area contributed by atoms with Crippen LogP contribution in [0.3, 0.4) is 0 Å². The smallest absolute Gasteiger partial charge is 0.242 e. The summed E-state index contributed by atoms with van der Waals surface area (Å²) >= 11 is 9.66. The van der Waals surface area contributed by atoms with Crippen LogP contribution in [0.5, 0.6) is 0 Å². The third kappa shape index (κ3) is 6.36. The molecule has 0 saturated carbocycles. The fraction of sp³-hybridized carbons (Fsp3) is 0.333. The molecule has 0 heterocycles. The standard InChI is InChI=1S/C21H24BrClN2O2/c1-14(2)24-21(27)15(3)25(13-16-7-6-9-18(22)11-16)20(26)12-17-8-4-5-10-19(17)23/h4-11,14-15H,12-13H2,1-3H3,(H,24,27)/t15-/m1/s1. The van der Waals surface area contributed by atoms with Crippen LogP contribution in [0.25, 0.3) is 0 Å². The molecule has 0 aliphatic carbocycles. The van der Waals surface area contributed by atoms with Crippen LogP contribution in [-0.4, -0.2) is 28.8 Å². The van der Waals surface area contributed by atoms with E-state index in [9.17, 15) is 9.59 Å². The zero-order chi connectivity index (χ0) is 20.0. The number of hydrogen-bond donors (Lipinski definition) is 1. The van der Waals surface area contributed by atoms with Gasteiger partial charge in [0.25, 0.3) is 0 Å². The van der Waals surface area contributed by atoms with Gasteiger partial charge < -0.3 is 10.2 Å². The molecule has 0 unspecified atom stereocenters. The van der Waals surface area contributed by atoms with Crippen molar-refractivity contribution in [1.29, 1.82) is 0 Å². The van der Waals surface area contributed by atoms with Crippen LogP contribution in [0, 0.1) is 0 Å². The van der Waals surface area contributed by atoms with E-state index in [1.165, 1.54) is 0 Å². The van der Waals surface area contributed by atoms with E-state index in [-0.39, 0.29) is 24.3 Å². The van der Waals surface area contributed by atoms with Crippen molar-refractivity contribution in [3.63, 3.8) is 0 Å². The summed E-state index contributed by atoms with van der Waals surface area (Å²) in [6, 6.07) is 14.4. The van der Waals surface area contributed by atoms with Crippen molar-refractivity contribution in [2.75, 3.05) is 0 Å². The summed E-state index contributed by atoms with van der Waals surface area (Å²) in [6.07, 6.45) is 0.146. The second-order valence-electron chi connectivity index (χ2n) is 6.76. The van der Waals surface area contributed by atoms with E-state index >= 15 is 0 Å². The van der Waals surface area contributed by atoms with Gasteiger partial charge in [0.2, 0.25) is 11.8 Å². The molecule has 0 fully saturated rings. The summed E-state index contributed by atoms with van der Waals surface area (Å²) in [5, 5.41) is 3.43. The lowest BCUT2D eigenvalue weighted by molar-refractivity contribution is -0.140. The normalized spacial score (nSPS) is 11.9. The van der Waals surface area contributed by atoms with Crippen LogP contribution >= 0.6 is 27.5 Å². The molecule has 0 saturated heterocycles. The number of rotatable bonds is 7. The summed E-state index contributed by atoms with van der Waals surface area (Å²) in [5.41, 5.74) is 1.70. The van der Waals surface area contributed by atoms with E-state index in [2.05, 4.69) is 21.2 Å². The second-order valence-corrected chi connectivity index (χ2v) is 8.08. The first-order valence-corrected chi connectivity index (χ1v) is 10.0. The van der Waals surface area contributed by atoms with Crippen LogP contribution in [0.2, 0.25) is 5.02 Å². The Hall–Kier alpha value is -1.85. The molecule has 2 aromatic carbocycles. The first-order valence-electron chi connectivity index (χ1n) is 8.85. The molecule has 0 aliphatic heterocycles. The average molecular weight is 452 g/mol. The van der Waals surface area contributed by atoms with Crippen molar-refractivity contribution in [2.24, 2.45) is 0 Å². The van der Waals surface area contributed by atoms with Crippen molar-refractivity contribution in [2.45, 2.75) is 45.8 Å². The minimum Gasteiger partial charge on any atom is -0.352 e. The quantitative estimate of drug-likeness (QED) is 0.669. The molecule has 0 radical (unpaired) electrons. The number of amides is 2. The number of halogens is 2. The Labute approximate surface area is 174 Å². The van der Waals surface area contributed by atoms with Gasteiger partial charge >= 0.3 is 0 Å². The summed E-state index contributed by atoms with van der Waals surface area (Å²) in [4.78, 5) is 27.2. The van der Waals surface area contributed by atoms with Crippen molar-refractivity contribution in [3.05, 3.63) is 69.2 Å². The molecular weight excluding hydrogens is 428 g/mol. The fourth-order valence-electron chi connectivity index (χ4n) is 2.73. The first kappa shape index (κ1) is 21.5. The highest BCUT2D eigenvalue weighted by molar-refractivity contribution is 9.10. The highest BCUT2D eigenvalue weighted by Gasteiger charge is 2.27. The third-order valence-corrected chi connectivity index (χ3v) is 5.00. The summed E-state index contributed by atoms with van der Waals surface area (Å²) < 4.78 is 0.929. The SMILES string of the molecule is CC(C)NC(=O)[C@@H](C)N(Cc1cccc(Br)c1)C(=O)Cc1ccccc1Cl. The maximum Gasteiger partial charge on any atom is 0.242 e. The van der Waals surface area contributed by atoms with Crippen molar-refractivity contribution in [1.82, 2.24) is 10.2 Å². The van der Waals surface area contributed by atoms with Gasteiger partial charge in [-0.3, -0.25) is 9.59 Å². The lowest BCUT2D eigenvalue weighted by atomic mass is 10.1. The molecule has 1 N–H and O–H groups in total. The van der Waals surface area contributed by atoms with Crippen LogP contribution in [0.4, 0.5) is 0 Å². The molecule has 27 heavy (non-hydrogen) atoms. The molecule has 2 rings (SSSR count). The Kier molecular flexibility index (Phi) is 7.87. The van der Waals surface area contributed by atoms with Gasteiger partial charge in [-0.05, 0) is 50.1 Å². The number of nitrogens with one attached hydrogen (secondary N) is 1. The van der Waals surface area contributed by atoms with Gasteiger partial charge in [-0.15, -0.1) is 0 Å². The van der Waals surface area contributed by atoms with Gasteiger partial charge in [0.1, 0.15) is 6.04 Å². The molecule has 2 amide bonds. The Morgan fingerprint density at radius 2 is 1.81 bits per heavy atom. The monoisotopic (exact) mass is 450 g/mol. The van der Waals surface area contributed by atoms with Gasteiger partial charge in [0.15, 0.2) is 0 Å². The summed E-state index contributed by atoms with van der Waals surface area (Å²) in [7, 11) is 0. The summed E-state index contributed by atoms with van der Waals surface area (Å²) in [6.45, 7) is 5.89. The third-order valence-electron chi connectivity index (χ3n) is 4.14. The van der Waals surface area contributed by atoms with Gasteiger partial charge in [0.05, 0.1) is 6.42 Å². The lowest BCUT2D eigenvalue weighted by Gasteiger charge is -2.29. The Balaban J connectivity index is 2.26. The number of carbonyl (C=O) groups excluding carboxylic acids is 2. The minimum absolute atomic E-state index is 0.00587. The number of nitrogens with zero attached hydrogens (tertiary/aromatic N) is 1. The predicted molar refractivity (Wildman–Crippen MR) is 113 cm³/mol. The molecule has 144 valence electrons. The zero-order valence-electron chi connectivity index (χ0n) is 15.7. The zero-order valence-corrected chi connectivity index (χ0v) is 18.0. The predicted octanol–water partition coefficient (Wildman–Crippen LogP) is 4.59. The van der Waals surface area contributed by atoms with E-state index in [0.29, 0.717) is 11.6 Å². The maximum absolute atomic E-state index is 13.1. The van der Waals surface area contributed by atoms with Gasteiger partial charge in [-0.2, -0.15) is 0 Å². The topological polar surface area (TPSA) is 49.4 Å². The number of benzene rings is 2. The molecular formula is C21H24BrClN2O2. The molecule has 0 spiro atoms. The summed E-state index contributed by atoms with van der Waals surface area (Å²) in [5.74, 6) is -0.318. The van der Waals surface area contributed by atoms with Crippen molar-refractivity contribution >= 4 is 39.3 Å². The van der Waals surface area contributed by atoms with Crippen LogP contribution < -0.4 is 5.32 Å². The molecule has 0 bridgehead atoms. The van der Waals surface area contributed by atoms with Crippen LogP contribution in [0.1, 0.15) is 31.9 Å². The molecule has 6 heteroatoms. The molecule has 4 nitrogen and oxygen atoms in total. The Bertz CT molecular complexity index is 810. The van der Waals surface area contributed by atoms with E-state index in [4.69, 9.17) is 11.6 Å². The van der Waals surface area contributed by atoms with Gasteiger partial charge in [0, 0.05) is 22.1 Å². The molecule has 0 aliphatic rings. The largest absolute Gasteiger partial charge is 0.352 e. The average Bonchev–Trinajstić information content (AvgIpc) is 2.60. The molecule has 2 aromatic rings. The van der Waals surface area contributed by atoms with Crippen LogP contribution in [0.15, 0.2) is 53.0 Å². The fourth-order valence-corrected chi connectivity index (χ4v) is 3.38. The van der Waals surface area contributed by atoms with Crippen LogP contribution in [-0.2, 0) is 22.6 Å². The second kappa shape index (κ2) is 9.90. The first-order chi connectivity index (χ1) is 12.8. The Morgan fingerprint density at radius 3 is 2.44 bits per heavy atom. The minimum atomic E-state index is -0.596. The van der Waals surface area contributed by atoms with E-state index in [0.717, 1.165) is 15.6 Å². The highest BCUT2D eigenvalue weighted by Crippen LogP contribution is 2.19. The van der Waals surface area contributed by atoms with E-state index in [1.54, 1.807) is 17.9 Å². The van der Waals surface area contributed by atoms with Crippen molar-refractivity contribution < 1.29 is 9.59 Å². The van der Waals surface area contributed by atoms with E-state index in [1.807, 2.05) is 56.3 Å². The lowest BCUT2D eigenvalue weighted by Crippen LogP contribution is -2.49. The van der Waals surface area contributed by atoms with E-state index < -0.39 is 6.04 Å².